The minimum absolute atomic E-state index is 0.0304. The van der Waals surface area contributed by atoms with Crippen LogP contribution < -0.4 is 5.56 Å². The lowest BCUT2D eigenvalue weighted by molar-refractivity contribution is 0.764. The highest BCUT2D eigenvalue weighted by Gasteiger charge is 2.13. The normalized spacial score (nSPS) is 10.8. The fourth-order valence-electron chi connectivity index (χ4n) is 2.05. The van der Waals surface area contributed by atoms with Crippen molar-refractivity contribution >= 4 is 21.7 Å². The van der Waals surface area contributed by atoms with Gasteiger partial charge in [0.1, 0.15) is 15.9 Å². The average molecular weight is 297 g/mol. The molecule has 0 saturated carbocycles. The molecule has 2 heterocycles. The smallest absolute Gasteiger partial charge is 0.273 e. The Balaban J connectivity index is 2.11. The molecule has 4 nitrogen and oxygen atoms in total. The van der Waals surface area contributed by atoms with Crippen LogP contribution in [0.2, 0.25) is 0 Å². The Kier molecular flexibility index (Phi) is 3.66. The van der Waals surface area contributed by atoms with Crippen LogP contribution in [-0.4, -0.2) is 13.9 Å². The van der Waals surface area contributed by atoms with Gasteiger partial charge in [-0.1, -0.05) is 42.0 Å². The van der Waals surface area contributed by atoms with Gasteiger partial charge in [0.15, 0.2) is 0 Å². The van der Waals surface area contributed by atoms with Crippen LogP contribution in [0.1, 0.15) is 13.8 Å². The summed E-state index contributed by atoms with van der Waals surface area (Å²) in [7, 11) is 0. The van der Waals surface area contributed by atoms with Gasteiger partial charge in [0, 0.05) is 12.1 Å². The van der Waals surface area contributed by atoms with Gasteiger partial charge in [0.05, 0.1) is 6.33 Å². The molecule has 106 valence electrons. The van der Waals surface area contributed by atoms with E-state index in [9.17, 15) is 4.79 Å². The second-order valence-corrected chi connectivity index (χ2v) is 5.83. The molecule has 0 N–H and O–H groups in total. The third kappa shape index (κ3) is 2.64. The van der Waals surface area contributed by atoms with Gasteiger partial charge in [-0.3, -0.25) is 9.36 Å². The highest BCUT2D eigenvalue weighted by atomic mass is 32.1. The third-order valence-electron chi connectivity index (χ3n) is 3.19. The van der Waals surface area contributed by atoms with Crippen LogP contribution in [0, 0.1) is 0 Å². The summed E-state index contributed by atoms with van der Waals surface area (Å²) < 4.78 is 6.64. The minimum atomic E-state index is -0.0304. The fourth-order valence-corrected chi connectivity index (χ4v) is 2.86. The predicted octanol–water partition coefficient (Wildman–Crippen LogP) is 3.49. The minimum Gasteiger partial charge on any atom is -0.294 e. The summed E-state index contributed by atoms with van der Waals surface area (Å²) in [6.07, 6.45) is 3.61. The number of allylic oxidation sites excluding steroid dienone is 2. The van der Waals surface area contributed by atoms with Crippen LogP contribution in [-0.2, 0) is 6.54 Å². The van der Waals surface area contributed by atoms with Gasteiger partial charge in [-0.2, -0.15) is 4.37 Å². The molecule has 0 aliphatic heterocycles. The molecule has 1 aromatic carbocycles. The van der Waals surface area contributed by atoms with Crippen molar-refractivity contribution in [1.82, 2.24) is 13.9 Å². The van der Waals surface area contributed by atoms with Crippen molar-refractivity contribution in [3.63, 3.8) is 0 Å². The quantitative estimate of drug-likeness (QED) is 0.695. The van der Waals surface area contributed by atoms with Crippen LogP contribution in [0.15, 0.2) is 53.1 Å². The van der Waals surface area contributed by atoms with Gasteiger partial charge in [0.25, 0.3) is 5.56 Å². The van der Waals surface area contributed by atoms with Gasteiger partial charge < -0.3 is 0 Å². The van der Waals surface area contributed by atoms with Crippen molar-refractivity contribution in [3.8, 4) is 11.3 Å². The van der Waals surface area contributed by atoms with E-state index in [1.165, 1.54) is 17.1 Å². The maximum atomic E-state index is 12.4. The number of hydrogen-bond donors (Lipinski definition) is 0. The molecule has 2 aromatic heterocycles. The van der Waals surface area contributed by atoms with Gasteiger partial charge >= 0.3 is 0 Å². The Hall–Kier alpha value is -2.27. The summed E-state index contributed by atoms with van der Waals surface area (Å²) in [6.45, 7) is 4.57. The van der Waals surface area contributed by atoms with Crippen molar-refractivity contribution in [1.29, 1.82) is 0 Å². The maximum Gasteiger partial charge on any atom is 0.273 e. The Labute approximate surface area is 126 Å². The number of fused-ring (bicyclic) bond motifs is 1. The van der Waals surface area contributed by atoms with Crippen molar-refractivity contribution < 1.29 is 0 Å². The van der Waals surface area contributed by atoms with E-state index < -0.39 is 0 Å². The number of aromatic nitrogens is 3. The van der Waals surface area contributed by atoms with Crippen molar-refractivity contribution in [3.05, 3.63) is 58.7 Å². The molecule has 0 atom stereocenters. The van der Waals surface area contributed by atoms with Crippen LogP contribution in [0.25, 0.3) is 21.5 Å². The maximum absolute atomic E-state index is 12.4. The summed E-state index contributed by atoms with van der Waals surface area (Å²) in [5.41, 5.74) is 3.60. The Bertz CT molecular complexity index is 858. The lowest BCUT2D eigenvalue weighted by Gasteiger charge is -2.02. The van der Waals surface area contributed by atoms with Crippen LogP contribution in [0.3, 0.4) is 0 Å². The van der Waals surface area contributed by atoms with Crippen molar-refractivity contribution in [2.45, 2.75) is 20.4 Å². The number of rotatable bonds is 3. The van der Waals surface area contributed by atoms with Gasteiger partial charge in [-0.25, -0.2) is 4.98 Å². The summed E-state index contributed by atoms with van der Waals surface area (Å²) in [5.74, 6) is 0. The second-order valence-electron chi connectivity index (χ2n) is 5.06. The Morgan fingerprint density at radius 3 is 2.76 bits per heavy atom. The van der Waals surface area contributed by atoms with Crippen LogP contribution in [0.4, 0.5) is 0 Å². The van der Waals surface area contributed by atoms with Crippen LogP contribution in [0.5, 0.6) is 0 Å². The number of nitrogens with zero attached hydrogens (tertiary/aromatic N) is 3. The molecule has 0 bridgehead atoms. The SMILES string of the molecule is CC(C)=CCn1cnc2c(-c3ccccc3)nsc2c1=O. The first-order chi connectivity index (χ1) is 10.2. The van der Waals surface area contributed by atoms with Crippen molar-refractivity contribution in [2.24, 2.45) is 0 Å². The molecule has 0 fully saturated rings. The molecule has 0 radical (unpaired) electrons. The molecule has 0 amide bonds. The summed E-state index contributed by atoms with van der Waals surface area (Å²) in [5, 5.41) is 0. The zero-order valence-electron chi connectivity index (χ0n) is 11.9. The van der Waals surface area contributed by atoms with E-state index in [0.29, 0.717) is 16.8 Å². The van der Waals surface area contributed by atoms with E-state index in [-0.39, 0.29) is 5.56 Å². The molecule has 0 saturated heterocycles. The van der Waals surface area contributed by atoms with Gasteiger partial charge in [-0.15, -0.1) is 0 Å². The zero-order valence-corrected chi connectivity index (χ0v) is 12.7. The van der Waals surface area contributed by atoms with Crippen molar-refractivity contribution in [2.75, 3.05) is 0 Å². The highest BCUT2D eigenvalue weighted by molar-refractivity contribution is 7.13. The lowest BCUT2D eigenvalue weighted by atomic mass is 10.1. The van der Waals surface area contributed by atoms with E-state index in [0.717, 1.165) is 11.3 Å². The van der Waals surface area contributed by atoms with Gasteiger partial charge in [0.2, 0.25) is 0 Å². The Morgan fingerprint density at radius 2 is 2.05 bits per heavy atom. The molecular weight excluding hydrogens is 282 g/mol. The molecule has 0 unspecified atom stereocenters. The second kappa shape index (κ2) is 5.61. The first-order valence-electron chi connectivity index (χ1n) is 6.70. The summed E-state index contributed by atoms with van der Waals surface area (Å²) >= 11 is 1.22. The molecule has 21 heavy (non-hydrogen) atoms. The molecule has 0 aliphatic carbocycles. The van der Waals surface area contributed by atoms with E-state index in [2.05, 4.69) is 9.36 Å². The summed E-state index contributed by atoms with van der Waals surface area (Å²) in [6, 6.07) is 9.82. The lowest BCUT2D eigenvalue weighted by Crippen LogP contribution is -2.19. The first-order valence-corrected chi connectivity index (χ1v) is 7.48. The summed E-state index contributed by atoms with van der Waals surface area (Å²) in [4.78, 5) is 16.9. The Morgan fingerprint density at radius 1 is 1.29 bits per heavy atom. The standard InChI is InChI=1S/C16H15N3OS/c1-11(2)8-9-19-10-17-14-13(12-6-4-3-5-7-12)18-21-15(14)16(19)20/h3-8,10H,9H2,1-2H3. The molecule has 3 aromatic rings. The molecular formula is C16H15N3OS. The topological polar surface area (TPSA) is 47.8 Å². The first kappa shape index (κ1) is 13.7. The molecule has 5 heteroatoms. The van der Waals surface area contributed by atoms with Gasteiger partial charge in [-0.05, 0) is 25.4 Å². The average Bonchev–Trinajstić information content (AvgIpc) is 2.92. The van der Waals surface area contributed by atoms with E-state index in [4.69, 9.17) is 0 Å². The predicted molar refractivity (Wildman–Crippen MR) is 86.5 cm³/mol. The molecule has 3 rings (SSSR count). The van der Waals surface area contributed by atoms with E-state index >= 15 is 0 Å². The molecule has 0 spiro atoms. The number of benzene rings is 1. The fraction of sp³-hybridized carbons (Fsp3) is 0.188. The van der Waals surface area contributed by atoms with E-state index in [1.807, 2.05) is 50.3 Å². The molecule has 0 aliphatic rings. The third-order valence-corrected chi connectivity index (χ3v) is 4.02. The van der Waals surface area contributed by atoms with Crippen LogP contribution >= 0.6 is 11.5 Å². The highest BCUT2D eigenvalue weighted by Crippen LogP contribution is 2.26. The largest absolute Gasteiger partial charge is 0.294 e. The zero-order chi connectivity index (χ0) is 14.8. The van der Waals surface area contributed by atoms with E-state index in [1.54, 1.807) is 10.9 Å². The monoisotopic (exact) mass is 297 g/mol. The number of hydrogen-bond acceptors (Lipinski definition) is 4.